The van der Waals surface area contributed by atoms with Crippen molar-refractivity contribution in [1.82, 2.24) is 10.2 Å². The lowest BCUT2D eigenvalue weighted by atomic mass is 10.2. The van der Waals surface area contributed by atoms with Gasteiger partial charge in [-0.05, 0) is 19.9 Å². The van der Waals surface area contributed by atoms with Crippen molar-refractivity contribution in [1.29, 1.82) is 5.26 Å². The molecule has 0 aliphatic carbocycles. The SMILES string of the molecule is CCCNC(C#N)CN(CCOC)C(C)COC. The Labute approximate surface area is 111 Å². The lowest BCUT2D eigenvalue weighted by Gasteiger charge is -2.30. The third-order valence-electron chi connectivity index (χ3n) is 2.83. The highest BCUT2D eigenvalue weighted by molar-refractivity contribution is 4.92. The van der Waals surface area contributed by atoms with Crippen LogP contribution in [0.25, 0.3) is 0 Å². The van der Waals surface area contributed by atoms with E-state index in [2.05, 4.69) is 30.1 Å². The molecule has 0 aromatic rings. The normalized spacial score (nSPS) is 14.4. The Hall–Kier alpha value is -0.670. The highest BCUT2D eigenvalue weighted by Gasteiger charge is 2.18. The Bertz CT molecular complexity index is 231. The van der Waals surface area contributed by atoms with E-state index in [1.807, 2.05) is 0 Å². The first kappa shape index (κ1) is 17.3. The highest BCUT2D eigenvalue weighted by Crippen LogP contribution is 2.02. The molecule has 0 aromatic heterocycles. The Morgan fingerprint density at radius 3 is 2.56 bits per heavy atom. The van der Waals surface area contributed by atoms with Gasteiger partial charge in [-0.1, -0.05) is 6.92 Å². The largest absolute Gasteiger partial charge is 0.383 e. The molecule has 18 heavy (non-hydrogen) atoms. The third kappa shape index (κ3) is 7.62. The number of nitrogens with zero attached hydrogens (tertiary/aromatic N) is 2. The van der Waals surface area contributed by atoms with Gasteiger partial charge in [0, 0.05) is 33.4 Å². The van der Waals surface area contributed by atoms with Gasteiger partial charge in [0.25, 0.3) is 0 Å². The van der Waals surface area contributed by atoms with Gasteiger partial charge in [-0.25, -0.2) is 0 Å². The minimum Gasteiger partial charge on any atom is -0.383 e. The Kier molecular flexibility index (Phi) is 11.0. The maximum atomic E-state index is 9.14. The van der Waals surface area contributed by atoms with Crippen molar-refractivity contribution in [2.24, 2.45) is 0 Å². The molecular formula is C13H27N3O2. The van der Waals surface area contributed by atoms with Crippen LogP contribution in [0.5, 0.6) is 0 Å². The van der Waals surface area contributed by atoms with Crippen molar-refractivity contribution >= 4 is 0 Å². The minimum absolute atomic E-state index is 0.138. The standard InChI is InChI=1S/C13H27N3O2/c1-5-6-15-13(9-14)10-16(7-8-17-3)12(2)11-18-4/h12-13,15H,5-8,10-11H2,1-4H3. The molecule has 0 spiro atoms. The van der Waals surface area contributed by atoms with Crippen molar-refractivity contribution in [2.75, 3.05) is 47.1 Å². The van der Waals surface area contributed by atoms with Gasteiger partial charge < -0.3 is 14.8 Å². The molecule has 2 unspecified atom stereocenters. The molecule has 0 aromatic carbocycles. The molecule has 0 fully saturated rings. The van der Waals surface area contributed by atoms with Crippen LogP contribution in [0.4, 0.5) is 0 Å². The third-order valence-corrected chi connectivity index (χ3v) is 2.83. The van der Waals surface area contributed by atoms with E-state index in [4.69, 9.17) is 14.7 Å². The minimum atomic E-state index is -0.138. The average Bonchev–Trinajstić information content (AvgIpc) is 2.38. The van der Waals surface area contributed by atoms with Gasteiger partial charge in [-0.3, -0.25) is 4.90 Å². The van der Waals surface area contributed by atoms with E-state index in [1.165, 1.54) is 0 Å². The number of hydrogen-bond donors (Lipinski definition) is 1. The summed E-state index contributed by atoms with van der Waals surface area (Å²) in [5.41, 5.74) is 0. The number of hydrogen-bond acceptors (Lipinski definition) is 5. The van der Waals surface area contributed by atoms with Crippen LogP contribution in [0.1, 0.15) is 20.3 Å². The highest BCUT2D eigenvalue weighted by atomic mass is 16.5. The van der Waals surface area contributed by atoms with Gasteiger partial charge in [0.15, 0.2) is 0 Å². The number of nitrogens with one attached hydrogen (secondary N) is 1. The van der Waals surface area contributed by atoms with Crippen LogP contribution in [0.2, 0.25) is 0 Å². The molecule has 5 nitrogen and oxygen atoms in total. The van der Waals surface area contributed by atoms with Gasteiger partial charge in [0.1, 0.15) is 6.04 Å². The van der Waals surface area contributed by atoms with Crippen LogP contribution in [-0.4, -0.2) is 64.1 Å². The van der Waals surface area contributed by atoms with Crippen LogP contribution in [0.15, 0.2) is 0 Å². The monoisotopic (exact) mass is 257 g/mol. The van der Waals surface area contributed by atoms with Gasteiger partial charge >= 0.3 is 0 Å². The van der Waals surface area contributed by atoms with Crippen LogP contribution in [0, 0.1) is 11.3 Å². The number of ether oxygens (including phenoxy) is 2. The molecule has 0 heterocycles. The first-order valence-corrected chi connectivity index (χ1v) is 6.54. The molecule has 0 rings (SSSR count). The molecule has 0 saturated heterocycles. The van der Waals surface area contributed by atoms with Crippen LogP contribution in [0.3, 0.4) is 0 Å². The summed E-state index contributed by atoms with van der Waals surface area (Å²) in [6.07, 6.45) is 1.03. The van der Waals surface area contributed by atoms with E-state index in [0.29, 0.717) is 19.8 Å². The van der Waals surface area contributed by atoms with Gasteiger partial charge in [0.2, 0.25) is 0 Å². The van der Waals surface area contributed by atoms with E-state index >= 15 is 0 Å². The Morgan fingerprint density at radius 1 is 1.33 bits per heavy atom. The molecule has 5 heteroatoms. The zero-order chi connectivity index (χ0) is 13.8. The second-order valence-corrected chi connectivity index (χ2v) is 4.43. The van der Waals surface area contributed by atoms with Crippen LogP contribution >= 0.6 is 0 Å². The van der Waals surface area contributed by atoms with Crippen LogP contribution in [-0.2, 0) is 9.47 Å². The van der Waals surface area contributed by atoms with Gasteiger partial charge in [0.05, 0.1) is 19.3 Å². The average molecular weight is 257 g/mol. The summed E-state index contributed by atoms with van der Waals surface area (Å²) in [5, 5.41) is 12.4. The van der Waals surface area contributed by atoms with Crippen LogP contribution < -0.4 is 5.32 Å². The van der Waals surface area contributed by atoms with Crippen molar-refractivity contribution in [2.45, 2.75) is 32.4 Å². The topological polar surface area (TPSA) is 57.5 Å². The molecule has 0 saturated carbocycles. The van der Waals surface area contributed by atoms with E-state index in [0.717, 1.165) is 19.5 Å². The molecule has 0 amide bonds. The predicted molar refractivity (Wildman–Crippen MR) is 72.5 cm³/mol. The first-order chi connectivity index (χ1) is 8.69. The van der Waals surface area contributed by atoms with E-state index in [1.54, 1.807) is 14.2 Å². The van der Waals surface area contributed by atoms with Crippen molar-refractivity contribution < 1.29 is 9.47 Å². The van der Waals surface area contributed by atoms with E-state index < -0.39 is 0 Å². The fraction of sp³-hybridized carbons (Fsp3) is 0.923. The smallest absolute Gasteiger partial charge is 0.108 e. The number of rotatable bonds is 11. The maximum absolute atomic E-state index is 9.14. The summed E-state index contributed by atoms with van der Waals surface area (Å²) in [6, 6.07) is 2.45. The number of methoxy groups -OCH3 is 2. The molecular weight excluding hydrogens is 230 g/mol. The Morgan fingerprint density at radius 2 is 2.06 bits per heavy atom. The van der Waals surface area contributed by atoms with Crippen molar-refractivity contribution in [3.8, 4) is 6.07 Å². The summed E-state index contributed by atoms with van der Waals surface area (Å²) in [7, 11) is 3.39. The molecule has 0 aliphatic rings. The molecule has 106 valence electrons. The fourth-order valence-electron chi connectivity index (χ4n) is 1.75. The molecule has 0 radical (unpaired) electrons. The number of nitriles is 1. The quantitative estimate of drug-likeness (QED) is 0.595. The summed E-state index contributed by atoms with van der Waals surface area (Å²) < 4.78 is 10.3. The van der Waals surface area contributed by atoms with E-state index in [9.17, 15) is 0 Å². The zero-order valence-electron chi connectivity index (χ0n) is 12.1. The lowest BCUT2D eigenvalue weighted by molar-refractivity contribution is 0.0722. The summed E-state index contributed by atoms with van der Waals surface area (Å²) in [6.45, 7) is 7.91. The van der Waals surface area contributed by atoms with Gasteiger partial charge in [-0.2, -0.15) is 5.26 Å². The Balaban J connectivity index is 4.30. The maximum Gasteiger partial charge on any atom is 0.108 e. The summed E-state index contributed by atoms with van der Waals surface area (Å²) in [5.74, 6) is 0. The zero-order valence-corrected chi connectivity index (χ0v) is 12.1. The molecule has 0 bridgehead atoms. The van der Waals surface area contributed by atoms with E-state index in [-0.39, 0.29) is 12.1 Å². The second kappa shape index (κ2) is 11.4. The first-order valence-electron chi connectivity index (χ1n) is 6.54. The van der Waals surface area contributed by atoms with Crippen molar-refractivity contribution in [3.63, 3.8) is 0 Å². The molecule has 0 aliphatic heterocycles. The van der Waals surface area contributed by atoms with Crippen molar-refractivity contribution in [3.05, 3.63) is 0 Å². The summed E-state index contributed by atoms with van der Waals surface area (Å²) in [4.78, 5) is 2.23. The van der Waals surface area contributed by atoms with Gasteiger partial charge in [-0.15, -0.1) is 0 Å². The lowest BCUT2D eigenvalue weighted by Crippen LogP contribution is -2.46. The molecule has 1 N–H and O–H groups in total. The second-order valence-electron chi connectivity index (χ2n) is 4.43. The predicted octanol–water partition coefficient (Wildman–Crippen LogP) is 0.861. The fourth-order valence-corrected chi connectivity index (χ4v) is 1.75. The molecule has 2 atom stereocenters. The summed E-state index contributed by atoms with van der Waals surface area (Å²) >= 11 is 0.